The molecular formula is C18H33N3. The summed E-state index contributed by atoms with van der Waals surface area (Å²) in [5.41, 5.74) is 2.45. The zero-order chi connectivity index (χ0) is 15.7. The minimum absolute atomic E-state index is 0.663. The van der Waals surface area contributed by atoms with Gasteiger partial charge in [0.2, 0.25) is 0 Å². The van der Waals surface area contributed by atoms with Crippen molar-refractivity contribution in [1.82, 2.24) is 15.2 Å². The molecule has 0 atom stereocenters. The maximum Gasteiger partial charge on any atom is 0.0544 e. The molecule has 0 aliphatic heterocycles. The summed E-state index contributed by atoms with van der Waals surface area (Å²) < 4.78 is 0. The van der Waals surface area contributed by atoms with Gasteiger partial charge >= 0.3 is 0 Å². The van der Waals surface area contributed by atoms with Crippen LogP contribution in [0.1, 0.15) is 58.7 Å². The van der Waals surface area contributed by atoms with Crippen molar-refractivity contribution in [2.75, 3.05) is 13.1 Å². The second-order valence-corrected chi connectivity index (χ2v) is 6.23. The fourth-order valence-electron chi connectivity index (χ4n) is 2.75. The molecule has 3 nitrogen and oxygen atoms in total. The summed E-state index contributed by atoms with van der Waals surface area (Å²) in [4.78, 5) is 7.24. The second kappa shape index (κ2) is 9.91. The van der Waals surface area contributed by atoms with E-state index >= 15 is 0 Å². The van der Waals surface area contributed by atoms with Crippen LogP contribution in [0.15, 0.2) is 18.3 Å². The van der Waals surface area contributed by atoms with Crippen LogP contribution in [0.5, 0.6) is 0 Å². The van der Waals surface area contributed by atoms with Gasteiger partial charge in [0.05, 0.1) is 5.69 Å². The van der Waals surface area contributed by atoms with Gasteiger partial charge in [-0.3, -0.25) is 9.88 Å². The van der Waals surface area contributed by atoms with Crippen molar-refractivity contribution in [1.29, 1.82) is 0 Å². The van der Waals surface area contributed by atoms with Crippen LogP contribution >= 0.6 is 0 Å². The van der Waals surface area contributed by atoms with Crippen molar-refractivity contribution in [2.24, 2.45) is 5.92 Å². The maximum atomic E-state index is 4.65. The highest BCUT2D eigenvalue weighted by Crippen LogP contribution is 2.15. The fraction of sp³-hybridized carbons (Fsp3) is 0.722. The lowest BCUT2D eigenvalue weighted by atomic mass is 10.1. The van der Waals surface area contributed by atoms with Crippen molar-refractivity contribution in [3.05, 3.63) is 29.6 Å². The van der Waals surface area contributed by atoms with E-state index in [0.29, 0.717) is 12.0 Å². The number of rotatable bonds is 10. The van der Waals surface area contributed by atoms with Crippen LogP contribution in [0.3, 0.4) is 0 Å². The number of hydrogen-bond acceptors (Lipinski definition) is 3. The lowest BCUT2D eigenvalue weighted by Gasteiger charge is -2.31. The number of aromatic nitrogens is 1. The number of nitrogens with one attached hydrogen (secondary N) is 1. The molecule has 0 bridgehead atoms. The molecule has 1 heterocycles. The number of pyridine rings is 1. The molecular weight excluding hydrogens is 258 g/mol. The quantitative estimate of drug-likeness (QED) is 0.710. The van der Waals surface area contributed by atoms with Crippen molar-refractivity contribution in [3.8, 4) is 0 Å². The van der Waals surface area contributed by atoms with Crippen LogP contribution in [0.4, 0.5) is 0 Å². The molecule has 0 aliphatic carbocycles. The van der Waals surface area contributed by atoms with Gasteiger partial charge in [-0.1, -0.05) is 40.7 Å². The van der Waals surface area contributed by atoms with Gasteiger partial charge < -0.3 is 5.32 Å². The highest BCUT2D eigenvalue weighted by molar-refractivity contribution is 5.14. The molecule has 1 N–H and O–H groups in total. The predicted molar refractivity (Wildman–Crippen MR) is 91.2 cm³/mol. The van der Waals surface area contributed by atoms with Crippen LogP contribution in [0.25, 0.3) is 0 Å². The minimum atomic E-state index is 0.663. The molecule has 1 aromatic heterocycles. The Morgan fingerprint density at radius 3 is 2.33 bits per heavy atom. The number of hydrogen-bond donors (Lipinski definition) is 1. The Kier molecular flexibility index (Phi) is 8.55. The van der Waals surface area contributed by atoms with Crippen LogP contribution in [0, 0.1) is 5.92 Å². The lowest BCUT2D eigenvalue weighted by molar-refractivity contribution is 0.155. The topological polar surface area (TPSA) is 28.2 Å². The van der Waals surface area contributed by atoms with Gasteiger partial charge in [0.1, 0.15) is 0 Å². The Hall–Kier alpha value is -0.930. The molecule has 0 saturated carbocycles. The normalized spacial score (nSPS) is 11.8. The molecule has 1 aromatic rings. The summed E-state index contributed by atoms with van der Waals surface area (Å²) in [6.07, 6.45) is 4.43. The third-order valence-electron chi connectivity index (χ3n) is 3.89. The average molecular weight is 291 g/mol. The van der Waals surface area contributed by atoms with Gasteiger partial charge in [-0.05, 0) is 36.9 Å². The molecule has 0 fully saturated rings. The van der Waals surface area contributed by atoms with Gasteiger partial charge in [-0.2, -0.15) is 0 Å². The molecule has 0 radical (unpaired) electrons. The number of nitrogens with zero attached hydrogens (tertiary/aromatic N) is 2. The highest BCUT2D eigenvalue weighted by Gasteiger charge is 2.17. The largest absolute Gasteiger partial charge is 0.313 e. The average Bonchev–Trinajstić information content (AvgIpc) is 2.47. The van der Waals surface area contributed by atoms with Crippen LogP contribution < -0.4 is 5.32 Å². The summed E-state index contributed by atoms with van der Waals surface area (Å²) in [5.74, 6) is 0.693. The van der Waals surface area contributed by atoms with E-state index in [9.17, 15) is 0 Å². The van der Waals surface area contributed by atoms with Crippen LogP contribution in [0.2, 0.25) is 0 Å². The van der Waals surface area contributed by atoms with Gasteiger partial charge in [-0.25, -0.2) is 0 Å². The first-order valence-corrected chi connectivity index (χ1v) is 8.49. The van der Waals surface area contributed by atoms with Gasteiger partial charge in [0.25, 0.3) is 0 Å². The smallest absolute Gasteiger partial charge is 0.0544 e. The predicted octanol–water partition coefficient (Wildman–Crippen LogP) is 3.84. The Balaban J connectivity index is 2.68. The van der Waals surface area contributed by atoms with E-state index in [0.717, 1.165) is 26.2 Å². The third-order valence-corrected chi connectivity index (χ3v) is 3.89. The van der Waals surface area contributed by atoms with E-state index in [2.05, 4.69) is 62.0 Å². The molecule has 1 rings (SSSR count). The molecule has 0 amide bonds. The van der Waals surface area contributed by atoms with E-state index in [1.165, 1.54) is 24.1 Å². The Labute approximate surface area is 131 Å². The molecule has 0 spiro atoms. The molecule has 0 saturated heterocycles. The van der Waals surface area contributed by atoms with Crippen molar-refractivity contribution < 1.29 is 0 Å². The molecule has 0 unspecified atom stereocenters. The van der Waals surface area contributed by atoms with Crippen LogP contribution in [-0.4, -0.2) is 29.0 Å². The Morgan fingerprint density at radius 1 is 1.14 bits per heavy atom. The molecule has 120 valence electrons. The standard InChI is InChI=1S/C18H33N3/c1-6-18(7-2)21(13-15(4)5)14-17-10-9-16(12-20-17)11-19-8-3/h9-10,12,15,18-19H,6-8,11,13-14H2,1-5H3. The molecule has 21 heavy (non-hydrogen) atoms. The Bertz CT molecular complexity index is 369. The summed E-state index contributed by atoms with van der Waals surface area (Å²) in [6, 6.07) is 5.05. The SMILES string of the molecule is CCNCc1ccc(CN(CC(C)C)C(CC)CC)nc1. The third kappa shape index (κ3) is 6.58. The summed E-state index contributed by atoms with van der Waals surface area (Å²) in [7, 11) is 0. The summed E-state index contributed by atoms with van der Waals surface area (Å²) in [5, 5.41) is 3.34. The van der Waals surface area contributed by atoms with Gasteiger partial charge in [0.15, 0.2) is 0 Å². The van der Waals surface area contributed by atoms with Crippen molar-refractivity contribution in [3.63, 3.8) is 0 Å². The zero-order valence-electron chi connectivity index (χ0n) is 14.5. The Morgan fingerprint density at radius 2 is 1.86 bits per heavy atom. The fourth-order valence-corrected chi connectivity index (χ4v) is 2.75. The second-order valence-electron chi connectivity index (χ2n) is 6.23. The summed E-state index contributed by atoms with van der Waals surface area (Å²) in [6.45, 7) is 15.3. The van der Waals surface area contributed by atoms with Gasteiger partial charge in [0, 0.05) is 31.9 Å². The summed E-state index contributed by atoms with van der Waals surface area (Å²) >= 11 is 0. The first-order chi connectivity index (χ1) is 10.1. The van der Waals surface area contributed by atoms with E-state index < -0.39 is 0 Å². The van der Waals surface area contributed by atoms with E-state index in [1.54, 1.807) is 0 Å². The van der Waals surface area contributed by atoms with Crippen molar-refractivity contribution in [2.45, 2.75) is 66.6 Å². The first-order valence-electron chi connectivity index (χ1n) is 8.49. The molecule has 0 aliphatic rings. The van der Waals surface area contributed by atoms with E-state index in [1.807, 2.05) is 6.20 Å². The zero-order valence-corrected chi connectivity index (χ0v) is 14.5. The monoisotopic (exact) mass is 291 g/mol. The molecule has 3 heteroatoms. The van der Waals surface area contributed by atoms with Crippen LogP contribution in [-0.2, 0) is 13.1 Å². The minimum Gasteiger partial charge on any atom is -0.313 e. The van der Waals surface area contributed by atoms with Crippen molar-refractivity contribution >= 4 is 0 Å². The lowest BCUT2D eigenvalue weighted by Crippen LogP contribution is -2.37. The maximum absolute atomic E-state index is 4.65. The van der Waals surface area contributed by atoms with E-state index in [-0.39, 0.29) is 0 Å². The first kappa shape index (κ1) is 18.1. The highest BCUT2D eigenvalue weighted by atomic mass is 15.2. The van der Waals surface area contributed by atoms with Gasteiger partial charge in [-0.15, -0.1) is 0 Å². The van der Waals surface area contributed by atoms with E-state index in [4.69, 9.17) is 0 Å². The molecule has 0 aromatic carbocycles.